The van der Waals surface area contributed by atoms with Gasteiger partial charge in [0.1, 0.15) is 23.6 Å². The minimum absolute atomic E-state index is 0.255. The minimum atomic E-state index is -0.255. The number of rotatable bonds is 6. The Balaban J connectivity index is 1.69. The molecule has 0 radical (unpaired) electrons. The molecule has 0 atom stereocenters. The molecular weight excluding hydrogens is 316 g/mol. The van der Waals surface area contributed by atoms with Crippen LogP contribution in [0.4, 0.5) is 11.5 Å². The van der Waals surface area contributed by atoms with Gasteiger partial charge in [-0.1, -0.05) is 42.5 Å². The van der Waals surface area contributed by atoms with E-state index in [2.05, 4.69) is 20.6 Å². The molecule has 0 aliphatic rings. The molecule has 0 aliphatic heterocycles. The molecular formula is C19H18N4O2. The van der Waals surface area contributed by atoms with Crippen LogP contribution in [0.5, 0.6) is 5.75 Å². The van der Waals surface area contributed by atoms with Crippen molar-refractivity contribution in [3.63, 3.8) is 0 Å². The highest BCUT2D eigenvalue weighted by Gasteiger charge is 2.10. The van der Waals surface area contributed by atoms with Crippen molar-refractivity contribution in [2.45, 2.75) is 6.54 Å². The Bertz CT molecular complexity index is 853. The van der Waals surface area contributed by atoms with Crippen LogP contribution in [0.25, 0.3) is 0 Å². The lowest BCUT2D eigenvalue weighted by Crippen LogP contribution is -2.24. The van der Waals surface area contributed by atoms with E-state index in [1.165, 1.54) is 6.33 Å². The number of hydrogen-bond donors (Lipinski definition) is 2. The number of anilines is 2. The molecule has 2 aromatic carbocycles. The summed E-state index contributed by atoms with van der Waals surface area (Å²) in [6.07, 6.45) is 1.36. The summed E-state index contributed by atoms with van der Waals surface area (Å²) in [5.74, 6) is 0.954. The maximum absolute atomic E-state index is 12.3. The van der Waals surface area contributed by atoms with Gasteiger partial charge in [-0.15, -0.1) is 0 Å². The van der Waals surface area contributed by atoms with E-state index in [4.69, 9.17) is 4.74 Å². The molecule has 0 spiro atoms. The molecule has 0 aliphatic carbocycles. The van der Waals surface area contributed by atoms with E-state index in [9.17, 15) is 4.79 Å². The van der Waals surface area contributed by atoms with Gasteiger partial charge >= 0.3 is 0 Å². The van der Waals surface area contributed by atoms with Gasteiger partial charge in [-0.25, -0.2) is 9.97 Å². The van der Waals surface area contributed by atoms with Crippen LogP contribution >= 0.6 is 0 Å². The van der Waals surface area contributed by atoms with Crippen molar-refractivity contribution in [1.29, 1.82) is 0 Å². The van der Waals surface area contributed by atoms with Crippen molar-refractivity contribution < 1.29 is 9.53 Å². The van der Waals surface area contributed by atoms with E-state index < -0.39 is 0 Å². The van der Waals surface area contributed by atoms with Crippen molar-refractivity contribution in [2.75, 3.05) is 12.4 Å². The average molecular weight is 334 g/mol. The SMILES string of the molecule is COc1ccccc1Nc1cc(C(=O)NCc2ccccc2)ncn1. The van der Waals surface area contributed by atoms with Crippen molar-refractivity contribution in [3.8, 4) is 5.75 Å². The van der Waals surface area contributed by atoms with Crippen LogP contribution in [0.3, 0.4) is 0 Å². The zero-order valence-electron chi connectivity index (χ0n) is 13.8. The van der Waals surface area contributed by atoms with Crippen LogP contribution in [0.1, 0.15) is 16.1 Å². The van der Waals surface area contributed by atoms with Crippen LogP contribution in [0, 0.1) is 0 Å². The number of carbonyl (C=O) groups excluding carboxylic acids is 1. The van der Waals surface area contributed by atoms with E-state index in [1.54, 1.807) is 13.2 Å². The van der Waals surface area contributed by atoms with Gasteiger partial charge in [0.05, 0.1) is 12.8 Å². The number of methoxy groups -OCH3 is 1. The summed E-state index contributed by atoms with van der Waals surface area (Å²) in [5, 5.41) is 5.98. The van der Waals surface area contributed by atoms with E-state index in [-0.39, 0.29) is 5.91 Å². The minimum Gasteiger partial charge on any atom is -0.495 e. The molecule has 0 saturated heterocycles. The van der Waals surface area contributed by atoms with Gasteiger partial charge in [0.15, 0.2) is 0 Å². The average Bonchev–Trinajstić information content (AvgIpc) is 2.67. The standard InChI is InChI=1S/C19H18N4O2/c1-25-17-10-6-5-9-15(17)23-18-11-16(21-13-22-18)19(24)20-12-14-7-3-2-4-8-14/h2-11,13H,12H2,1H3,(H,20,24)(H,21,22,23). The molecule has 1 amide bonds. The van der Waals surface area contributed by atoms with Gasteiger partial charge in [-0.3, -0.25) is 4.79 Å². The van der Waals surface area contributed by atoms with Crippen LogP contribution in [-0.4, -0.2) is 23.0 Å². The van der Waals surface area contributed by atoms with Gasteiger partial charge in [-0.2, -0.15) is 0 Å². The number of aromatic nitrogens is 2. The normalized spacial score (nSPS) is 10.1. The highest BCUT2D eigenvalue weighted by molar-refractivity contribution is 5.93. The number of para-hydroxylation sites is 2. The predicted molar refractivity (Wildman–Crippen MR) is 95.9 cm³/mol. The molecule has 2 N–H and O–H groups in total. The maximum Gasteiger partial charge on any atom is 0.270 e. The first-order valence-corrected chi connectivity index (χ1v) is 7.80. The molecule has 0 fully saturated rings. The number of ether oxygens (including phenoxy) is 1. The van der Waals surface area contributed by atoms with Crippen molar-refractivity contribution in [2.24, 2.45) is 0 Å². The third kappa shape index (κ3) is 4.32. The molecule has 0 saturated carbocycles. The summed E-state index contributed by atoms with van der Waals surface area (Å²) in [6, 6.07) is 18.8. The number of nitrogens with one attached hydrogen (secondary N) is 2. The molecule has 0 unspecified atom stereocenters. The zero-order chi connectivity index (χ0) is 17.5. The van der Waals surface area contributed by atoms with Gasteiger partial charge in [0, 0.05) is 12.6 Å². The summed E-state index contributed by atoms with van der Waals surface area (Å²) in [7, 11) is 1.60. The van der Waals surface area contributed by atoms with E-state index in [0.29, 0.717) is 23.8 Å². The molecule has 6 nitrogen and oxygen atoms in total. The lowest BCUT2D eigenvalue weighted by Gasteiger charge is -2.10. The van der Waals surface area contributed by atoms with Crippen LogP contribution in [0.15, 0.2) is 67.0 Å². The fourth-order valence-electron chi connectivity index (χ4n) is 2.30. The first-order valence-electron chi connectivity index (χ1n) is 7.80. The highest BCUT2D eigenvalue weighted by atomic mass is 16.5. The van der Waals surface area contributed by atoms with Gasteiger partial charge < -0.3 is 15.4 Å². The summed E-state index contributed by atoms with van der Waals surface area (Å²) >= 11 is 0. The number of hydrogen-bond acceptors (Lipinski definition) is 5. The molecule has 3 aromatic rings. The molecule has 0 bridgehead atoms. The fraction of sp³-hybridized carbons (Fsp3) is 0.105. The molecule has 1 heterocycles. The van der Waals surface area contributed by atoms with Crippen LogP contribution < -0.4 is 15.4 Å². The smallest absolute Gasteiger partial charge is 0.270 e. The Labute approximate surface area is 145 Å². The fourth-order valence-corrected chi connectivity index (χ4v) is 2.30. The predicted octanol–water partition coefficient (Wildman–Crippen LogP) is 3.16. The van der Waals surface area contributed by atoms with Crippen LogP contribution in [-0.2, 0) is 6.54 Å². The number of benzene rings is 2. The summed E-state index contributed by atoms with van der Waals surface area (Å²) in [6.45, 7) is 0.443. The quantitative estimate of drug-likeness (QED) is 0.724. The molecule has 1 aromatic heterocycles. The van der Waals surface area contributed by atoms with Crippen LogP contribution in [0.2, 0.25) is 0 Å². The van der Waals surface area contributed by atoms with Crippen molar-refractivity contribution >= 4 is 17.4 Å². The first kappa shape index (κ1) is 16.4. The largest absolute Gasteiger partial charge is 0.495 e. The van der Waals surface area contributed by atoms with E-state index in [0.717, 1.165) is 11.3 Å². The number of amides is 1. The van der Waals surface area contributed by atoms with Crippen molar-refractivity contribution in [1.82, 2.24) is 15.3 Å². The Hall–Kier alpha value is -3.41. The summed E-state index contributed by atoms with van der Waals surface area (Å²) in [4.78, 5) is 20.5. The summed E-state index contributed by atoms with van der Waals surface area (Å²) in [5.41, 5.74) is 2.08. The molecule has 126 valence electrons. The lowest BCUT2D eigenvalue weighted by molar-refractivity contribution is 0.0946. The second kappa shape index (κ2) is 7.92. The highest BCUT2D eigenvalue weighted by Crippen LogP contribution is 2.26. The Morgan fingerprint density at radius 2 is 1.80 bits per heavy atom. The molecule has 25 heavy (non-hydrogen) atoms. The zero-order valence-corrected chi connectivity index (χ0v) is 13.8. The first-order chi connectivity index (χ1) is 12.3. The Morgan fingerprint density at radius 3 is 2.60 bits per heavy atom. The third-order valence-corrected chi connectivity index (χ3v) is 3.57. The monoisotopic (exact) mass is 334 g/mol. The molecule has 6 heteroatoms. The lowest BCUT2D eigenvalue weighted by atomic mass is 10.2. The molecule has 3 rings (SSSR count). The Kier molecular flexibility index (Phi) is 5.21. The maximum atomic E-state index is 12.3. The Morgan fingerprint density at radius 1 is 1.04 bits per heavy atom. The van der Waals surface area contributed by atoms with Crippen molar-refractivity contribution in [3.05, 3.63) is 78.2 Å². The van der Waals surface area contributed by atoms with Gasteiger partial charge in [-0.05, 0) is 17.7 Å². The summed E-state index contributed by atoms with van der Waals surface area (Å²) < 4.78 is 5.30. The van der Waals surface area contributed by atoms with E-state index >= 15 is 0 Å². The number of nitrogens with zero attached hydrogens (tertiary/aromatic N) is 2. The van der Waals surface area contributed by atoms with Gasteiger partial charge in [0.25, 0.3) is 5.91 Å². The third-order valence-electron chi connectivity index (χ3n) is 3.57. The number of carbonyl (C=O) groups is 1. The second-order valence-electron chi connectivity index (χ2n) is 5.28. The van der Waals surface area contributed by atoms with Gasteiger partial charge in [0.2, 0.25) is 0 Å². The van der Waals surface area contributed by atoms with E-state index in [1.807, 2.05) is 54.6 Å². The topological polar surface area (TPSA) is 76.1 Å². The second-order valence-corrected chi connectivity index (χ2v) is 5.28.